The summed E-state index contributed by atoms with van der Waals surface area (Å²) in [5, 5.41) is 11.6. The van der Waals surface area contributed by atoms with Gasteiger partial charge in [0.25, 0.3) is 11.7 Å². The molecule has 9 heteroatoms. The molecule has 2 aliphatic heterocycles. The first-order valence-electron chi connectivity index (χ1n) is 13.7. The smallest absolute Gasteiger partial charge is 0.295 e. The Hall–Kier alpha value is -3.69. The zero-order valence-corrected chi connectivity index (χ0v) is 22.6. The van der Waals surface area contributed by atoms with E-state index in [-0.39, 0.29) is 11.3 Å². The zero-order chi connectivity index (χ0) is 27.4. The Kier molecular flexibility index (Phi) is 8.28. The number of amides is 1. The van der Waals surface area contributed by atoms with Crippen molar-refractivity contribution in [3.8, 4) is 5.75 Å². The highest BCUT2D eigenvalue weighted by molar-refractivity contribution is 6.46. The number of morpholine rings is 1. The molecule has 9 nitrogen and oxygen atoms in total. The van der Waals surface area contributed by atoms with Crippen molar-refractivity contribution in [2.45, 2.75) is 39.2 Å². The minimum absolute atomic E-state index is 0.0831. The fourth-order valence-electron chi connectivity index (χ4n) is 5.35. The summed E-state index contributed by atoms with van der Waals surface area (Å²) in [7, 11) is 0. The number of nitrogens with zero attached hydrogens (tertiary/aromatic N) is 4. The van der Waals surface area contributed by atoms with E-state index in [1.807, 2.05) is 42.5 Å². The molecule has 3 aromatic rings. The molecule has 39 heavy (non-hydrogen) atoms. The first-order chi connectivity index (χ1) is 19.0. The van der Waals surface area contributed by atoms with Crippen LogP contribution >= 0.6 is 0 Å². The topological polar surface area (TPSA) is 96.6 Å². The van der Waals surface area contributed by atoms with Crippen LogP contribution in [-0.4, -0.2) is 82.0 Å². The molecule has 2 saturated heterocycles. The number of aliphatic hydroxyl groups excluding tert-OH is 1. The fourth-order valence-corrected chi connectivity index (χ4v) is 5.35. The summed E-state index contributed by atoms with van der Waals surface area (Å²) in [5.41, 5.74) is 2.48. The van der Waals surface area contributed by atoms with E-state index in [4.69, 9.17) is 9.47 Å². The maximum absolute atomic E-state index is 13.5. The van der Waals surface area contributed by atoms with Gasteiger partial charge in [0.1, 0.15) is 17.1 Å². The molecule has 0 aliphatic carbocycles. The summed E-state index contributed by atoms with van der Waals surface area (Å²) in [6.07, 6.45) is 4.50. The molecule has 1 unspecified atom stereocenters. The Labute approximate surface area is 228 Å². The summed E-state index contributed by atoms with van der Waals surface area (Å²) >= 11 is 0. The van der Waals surface area contributed by atoms with Crippen LogP contribution in [0.3, 0.4) is 0 Å². The highest BCUT2D eigenvalue weighted by atomic mass is 16.5. The van der Waals surface area contributed by atoms with Gasteiger partial charge in [0.05, 0.1) is 37.1 Å². The van der Waals surface area contributed by atoms with Crippen LogP contribution in [0, 0.1) is 6.92 Å². The lowest BCUT2D eigenvalue weighted by Crippen LogP contribution is -2.38. The van der Waals surface area contributed by atoms with Crippen molar-refractivity contribution in [2.24, 2.45) is 0 Å². The number of ketones is 1. The number of imidazole rings is 1. The van der Waals surface area contributed by atoms with E-state index in [9.17, 15) is 14.7 Å². The van der Waals surface area contributed by atoms with Gasteiger partial charge in [-0.1, -0.05) is 31.5 Å². The van der Waals surface area contributed by atoms with Crippen molar-refractivity contribution in [2.75, 3.05) is 46.0 Å². The Morgan fingerprint density at radius 1 is 1.08 bits per heavy atom. The molecule has 1 amide bonds. The van der Waals surface area contributed by atoms with E-state index < -0.39 is 17.7 Å². The van der Waals surface area contributed by atoms with Crippen molar-refractivity contribution in [1.29, 1.82) is 0 Å². The number of aryl methyl sites for hydroxylation is 1. The molecule has 0 saturated carbocycles. The molecule has 206 valence electrons. The number of hydrogen-bond donors (Lipinski definition) is 1. The molecule has 4 heterocycles. The number of likely N-dealkylation sites (tertiary alicyclic amines) is 1. The monoisotopic (exact) mass is 532 g/mol. The molecule has 5 rings (SSSR count). The second-order valence-electron chi connectivity index (χ2n) is 10.0. The lowest BCUT2D eigenvalue weighted by Gasteiger charge is -2.29. The van der Waals surface area contributed by atoms with Gasteiger partial charge < -0.3 is 19.5 Å². The largest absolute Gasteiger partial charge is 0.505 e. The number of fused-ring (bicyclic) bond motifs is 1. The number of pyridine rings is 1. The zero-order valence-electron chi connectivity index (χ0n) is 22.6. The molecule has 1 N–H and O–H groups in total. The summed E-state index contributed by atoms with van der Waals surface area (Å²) in [5.74, 6) is -0.765. The number of carbonyl (C=O) groups is 2. The molecule has 1 aromatic carbocycles. The minimum atomic E-state index is -0.715. The molecule has 2 fully saturated rings. The average molecular weight is 533 g/mol. The predicted molar refractivity (Wildman–Crippen MR) is 148 cm³/mol. The number of aromatic nitrogens is 2. The molecule has 2 aliphatic rings. The van der Waals surface area contributed by atoms with Crippen LogP contribution in [0.4, 0.5) is 0 Å². The number of carbonyl (C=O) groups excluding carboxylic acids is 2. The minimum Gasteiger partial charge on any atom is -0.505 e. The Morgan fingerprint density at radius 2 is 1.85 bits per heavy atom. The molecule has 0 bridgehead atoms. The SMILES string of the molecule is CCCCOc1ccc(C2C(=C(O)c3c(C)nc4ccccn34)C(=O)C(=O)N2CCCN2CCOCC2)cc1. The van der Waals surface area contributed by atoms with Crippen molar-refractivity contribution in [1.82, 2.24) is 19.2 Å². The number of ether oxygens (including phenoxy) is 2. The number of benzene rings is 1. The van der Waals surface area contributed by atoms with Gasteiger partial charge in [-0.25, -0.2) is 4.98 Å². The van der Waals surface area contributed by atoms with Crippen LogP contribution in [0.25, 0.3) is 11.4 Å². The number of rotatable bonds is 10. The van der Waals surface area contributed by atoms with Crippen molar-refractivity contribution in [3.63, 3.8) is 0 Å². The summed E-state index contributed by atoms with van der Waals surface area (Å²) in [4.78, 5) is 35.3. The number of unbranched alkanes of at least 4 members (excludes halogenated alkanes) is 1. The maximum atomic E-state index is 13.5. The van der Waals surface area contributed by atoms with E-state index in [0.29, 0.717) is 49.8 Å². The van der Waals surface area contributed by atoms with Gasteiger partial charge in [-0.2, -0.15) is 0 Å². The highest BCUT2D eigenvalue weighted by Crippen LogP contribution is 2.40. The third-order valence-electron chi connectivity index (χ3n) is 7.41. The Bertz CT molecular complexity index is 1360. The van der Waals surface area contributed by atoms with E-state index in [2.05, 4.69) is 16.8 Å². The maximum Gasteiger partial charge on any atom is 0.295 e. The van der Waals surface area contributed by atoms with E-state index in [0.717, 1.165) is 43.8 Å². The van der Waals surface area contributed by atoms with E-state index in [1.54, 1.807) is 22.4 Å². The van der Waals surface area contributed by atoms with Crippen molar-refractivity contribution in [3.05, 3.63) is 71.2 Å². The quantitative estimate of drug-likeness (QED) is 0.183. The third-order valence-corrected chi connectivity index (χ3v) is 7.41. The molecule has 0 spiro atoms. The second kappa shape index (κ2) is 12.0. The van der Waals surface area contributed by atoms with Gasteiger partial charge in [0.2, 0.25) is 0 Å². The second-order valence-corrected chi connectivity index (χ2v) is 10.0. The van der Waals surface area contributed by atoms with Gasteiger partial charge in [-0.3, -0.25) is 18.9 Å². The van der Waals surface area contributed by atoms with Crippen LogP contribution < -0.4 is 4.74 Å². The van der Waals surface area contributed by atoms with E-state index in [1.165, 1.54) is 0 Å². The van der Waals surface area contributed by atoms with Crippen LogP contribution in [0.1, 0.15) is 49.2 Å². The van der Waals surface area contributed by atoms with Gasteiger partial charge >= 0.3 is 0 Å². The van der Waals surface area contributed by atoms with Gasteiger partial charge in [-0.15, -0.1) is 0 Å². The van der Waals surface area contributed by atoms with Crippen molar-refractivity contribution >= 4 is 23.1 Å². The summed E-state index contributed by atoms with van der Waals surface area (Å²) in [6.45, 7) is 8.84. The standard InChI is InChI=1S/C30H36N4O5/c1-3-4-18-39-23-11-9-22(10-12-23)27-25(28(35)26-21(2)31-24-8-5-6-14-33(24)26)29(36)30(37)34(27)15-7-13-32-16-19-38-20-17-32/h5-6,8-12,14,27,35H,3-4,7,13,15-20H2,1-2H3. The molecule has 1 atom stereocenters. The van der Waals surface area contributed by atoms with Crippen LogP contribution in [-0.2, 0) is 14.3 Å². The number of aliphatic hydroxyl groups is 1. The first-order valence-corrected chi connectivity index (χ1v) is 13.7. The lowest BCUT2D eigenvalue weighted by molar-refractivity contribution is -0.140. The van der Waals surface area contributed by atoms with Gasteiger partial charge in [0, 0.05) is 32.4 Å². The Balaban J connectivity index is 1.50. The lowest BCUT2D eigenvalue weighted by atomic mass is 9.96. The summed E-state index contributed by atoms with van der Waals surface area (Å²) < 4.78 is 13.0. The molecular weight excluding hydrogens is 496 g/mol. The third kappa shape index (κ3) is 5.55. The average Bonchev–Trinajstić information content (AvgIpc) is 3.42. The summed E-state index contributed by atoms with van der Waals surface area (Å²) in [6, 6.07) is 12.3. The van der Waals surface area contributed by atoms with Crippen LogP contribution in [0.2, 0.25) is 0 Å². The van der Waals surface area contributed by atoms with E-state index >= 15 is 0 Å². The number of Topliss-reactive ketones (excluding diaryl/α,β-unsaturated/α-hetero) is 1. The van der Waals surface area contributed by atoms with Crippen LogP contribution in [0.5, 0.6) is 5.75 Å². The number of hydrogen-bond acceptors (Lipinski definition) is 7. The van der Waals surface area contributed by atoms with Gasteiger partial charge in [0.15, 0.2) is 5.76 Å². The normalized spacial score (nSPS) is 19.7. The Morgan fingerprint density at radius 3 is 2.59 bits per heavy atom. The molecule has 0 radical (unpaired) electrons. The fraction of sp³-hybridized carbons (Fsp3) is 0.433. The van der Waals surface area contributed by atoms with Gasteiger partial charge in [-0.05, 0) is 49.6 Å². The van der Waals surface area contributed by atoms with Crippen LogP contribution in [0.15, 0.2) is 54.2 Å². The molecular formula is C30H36N4O5. The first kappa shape index (κ1) is 26.9. The highest BCUT2D eigenvalue weighted by Gasteiger charge is 2.46. The van der Waals surface area contributed by atoms with Crippen molar-refractivity contribution < 1.29 is 24.2 Å². The predicted octanol–water partition coefficient (Wildman–Crippen LogP) is 3.97. The molecule has 2 aromatic heterocycles.